The summed E-state index contributed by atoms with van der Waals surface area (Å²) in [7, 11) is 0. The minimum absolute atomic E-state index is 0.0123. The number of aliphatic carboxylic acids is 1. The number of nitrogens with one attached hydrogen (secondary N) is 1. The maximum Gasteiger partial charge on any atom is 0.306 e. The van der Waals surface area contributed by atoms with Crippen LogP contribution in [-0.2, 0) is 4.79 Å². The van der Waals surface area contributed by atoms with E-state index in [4.69, 9.17) is 22.4 Å². The molecule has 0 bridgehead atoms. The molecular formula is C14H17ClN2O3. The van der Waals surface area contributed by atoms with Crippen molar-refractivity contribution in [3.05, 3.63) is 28.8 Å². The molecule has 0 atom stereocenters. The highest BCUT2D eigenvalue weighted by atomic mass is 35.5. The van der Waals surface area contributed by atoms with Crippen molar-refractivity contribution in [2.45, 2.75) is 31.7 Å². The monoisotopic (exact) mass is 296 g/mol. The van der Waals surface area contributed by atoms with Gasteiger partial charge in [-0.3, -0.25) is 9.59 Å². The largest absolute Gasteiger partial charge is 0.481 e. The quantitative estimate of drug-likeness (QED) is 0.746. The fourth-order valence-corrected chi connectivity index (χ4v) is 2.74. The average molecular weight is 297 g/mol. The van der Waals surface area contributed by atoms with Gasteiger partial charge in [-0.2, -0.15) is 0 Å². The second-order valence-electron chi connectivity index (χ2n) is 5.13. The first-order valence-electron chi connectivity index (χ1n) is 6.55. The minimum atomic E-state index is -0.752. The van der Waals surface area contributed by atoms with Crippen molar-refractivity contribution in [3.8, 4) is 0 Å². The van der Waals surface area contributed by atoms with E-state index in [0.29, 0.717) is 42.0 Å². The van der Waals surface area contributed by atoms with E-state index in [1.165, 1.54) is 0 Å². The van der Waals surface area contributed by atoms with E-state index in [9.17, 15) is 9.59 Å². The highest BCUT2D eigenvalue weighted by Crippen LogP contribution is 2.25. The third-order valence-electron chi connectivity index (χ3n) is 3.59. The van der Waals surface area contributed by atoms with Gasteiger partial charge in [0.2, 0.25) is 0 Å². The molecule has 2 rings (SSSR count). The summed E-state index contributed by atoms with van der Waals surface area (Å²) in [4.78, 5) is 23.0. The van der Waals surface area contributed by atoms with Gasteiger partial charge in [0.05, 0.1) is 5.92 Å². The highest BCUT2D eigenvalue weighted by Gasteiger charge is 2.26. The Bertz CT molecular complexity index is 505. The summed E-state index contributed by atoms with van der Waals surface area (Å²) in [6.45, 7) is 0. The summed E-state index contributed by atoms with van der Waals surface area (Å²) in [5.74, 6) is -1.26. The number of carboxylic acids is 1. The average Bonchev–Trinajstić information content (AvgIpc) is 2.38. The molecule has 0 heterocycles. The van der Waals surface area contributed by atoms with E-state index in [1.54, 1.807) is 18.2 Å². The minimum Gasteiger partial charge on any atom is -0.481 e. The number of carbonyl (C=O) groups is 2. The first-order chi connectivity index (χ1) is 9.45. The molecule has 108 valence electrons. The maximum atomic E-state index is 12.1. The molecule has 4 N–H and O–H groups in total. The molecule has 0 aliphatic heterocycles. The summed E-state index contributed by atoms with van der Waals surface area (Å²) in [5.41, 5.74) is 6.52. The Labute approximate surface area is 122 Å². The van der Waals surface area contributed by atoms with Crippen LogP contribution < -0.4 is 11.1 Å². The van der Waals surface area contributed by atoms with Crippen molar-refractivity contribution >= 4 is 29.2 Å². The number of halogens is 1. The van der Waals surface area contributed by atoms with Gasteiger partial charge < -0.3 is 16.2 Å². The SMILES string of the molecule is Nc1cc(Cl)cc(C(=O)NC2CCC(C(=O)O)CC2)c1. The predicted molar refractivity (Wildman–Crippen MR) is 76.7 cm³/mol. The topological polar surface area (TPSA) is 92.4 Å². The number of carbonyl (C=O) groups excluding carboxylic acids is 1. The second-order valence-corrected chi connectivity index (χ2v) is 5.57. The summed E-state index contributed by atoms with van der Waals surface area (Å²) < 4.78 is 0. The van der Waals surface area contributed by atoms with Gasteiger partial charge in [-0.05, 0) is 43.9 Å². The molecule has 0 spiro atoms. The van der Waals surface area contributed by atoms with E-state index >= 15 is 0 Å². The molecule has 0 saturated heterocycles. The summed E-state index contributed by atoms with van der Waals surface area (Å²) in [5, 5.41) is 12.3. The van der Waals surface area contributed by atoms with Crippen molar-refractivity contribution in [2.24, 2.45) is 5.92 Å². The molecule has 1 aromatic carbocycles. The van der Waals surface area contributed by atoms with Crippen LogP contribution >= 0.6 is 11.6 Å². The Morgan fingerprint density at radius 3 is 2.40 bits per heavy atom. The van der Waals surface area contributed by atoms with Crippen LogP contribution in [0.25, 0.3) is 0 Å². The first kappa shape index (κ1) is 14.7. The fraction of sp³-hybridized carbons (Fsp3) is 0.429. The Morgan fingerprint density at radius 2 is 1.85 bits per heavy atom. The summed E-state index contributed by atoms with van der Waals surface area (Å²) in [6, 6.07) is 4.73. The lowest BCUT2D eigenvalue weighted by Gasteiger charge is -2.26. The third kappa shape index (κ3) is 3.63. The van der Waals surface area contributed by atoms with Crippen LogP contribution in [0, 0.1) is 5.92 Å². The Morgan fingerprint density at radius 1 is 1.20 bits per heavy atom. The van der Waals surface area contributed by atoms with E-state index in [0.717, 1.165) is 0 Å². The smallest absolute Gasteiger partial charge is 0.306 e. The van der Waals surface area contributed by atoms with Crippen molar-refractivity contribution < 1.29 is 14.7 Å². The van der Waals surface area contributed by atoms with Gasteiger partial charge in [0.15, 0.2) is 0 Å². The van der Waals surface area contributed by atoms with Gasteiger partial charge >= 0.3 is 5.97 Å². The molecule has 20 heavy (non-hydrogen) atoms. The normalized spacial score (nSPS) is 22.2. The van der Waals surface area contributed by atoms with Crippen LogP contribution in [0.2, 0.25) is 5.02 Å². The molecule has 1 saturated carbocycles. The van der Waals surface area contributed by atoms with Crippen LogP contribution in [0.15, 0.2) is 18.2 Å². The van der Waals surface area contributed by atoms with E-state index < -0.39 is 5.97 Å². The van der Waals surface area contributed by atoms with Gasteiger partial charge in [-0.1, -0.05) is 11.6 Å². The lowest BCUT2D eigenvalue weighted by molar-refractivity contribution is -0.142. The Balaban J connectivity index is 1.94. The molecular weight excluding hydrogens is 280 g/mol. The molecule has 1 fully saturated rings. The first-order valence-corrected chi connectivity index (χ1v) is 6.93. The Kier molecular flexibility index (Phi) is 4.49. The second kappa shape index (κ2) is 6.13. The number of hydrogen-bond donors (Lipinski definition) is 3. The van der Waals surface area contributed by atoms with Crippen LogP contribution in [0.5, 0.6) is 0 Å². The Hall–Kier alpha value is -1.75. The lowest BCUT2D eigenvalue weighted by Crippen LogP contribution is -2.38. The maximum absolute atomic E-state index is 12.1. The zero-order chi connectivity index (χ0) is 14.7. The van der Waals surface area contributed by atoms with Gasteiger partial charge in [-0.15, -0.1) is 0 Å². The van der Waals surface area contributed by atoms with Crippen LogP contribution in [0.4, 0.5) is 5.69 Å². The molecule has 0 radical (unpaired) electrons. The van der Waals surface area contributed by atoms with E-state index in [2.05, 4.69) is 5.32 Å². The van der Waals surface area contributed by atoms with Gasteiger partial charge in [-0.25, -0.2) is 0 Å². The summed E-state index contributed by atoms with van der Waals surface area (Å²) >= 11 is 5.87. The third-order valence-corrected chi connectivity index (χ3v) is 3.81. The molecule has 1 aliphatic carbocycles. The number of hydrogen-bond acceptors (Lipinski definition) is 3. The van der Waals surface area contributed by atoms with Gasteiger partial charge in [0.25, 0.3) is 5.91 Å². The van der Waals surface area contributed by atoms with Crippen LogP contribution in [0.3, 0.4) is 0 Å². The predicted octanol–water partition coefficient (Wildman–Crippen LogP) is 2.30. The van der Waals surface area contributed by atoms with E-state index in [-0.39, 0.29) is 17.9 Å². The van der Waals surface area contributed by atoms with Crippen LogP contribution in [0.1, 0.15) is 36.0 Å². The number of anilines is 1. The molecule has 5 nitrogen and oxygen atoms in total. The molecule has 1 aromatic rings. The van der Waals surface area contributed by atoms with Gasteiger partial charge in [0.1, 0.15) is 0 Å². The molecule has 1 amide bonds. The molecule has 6 heteroatoms. The van der Waals surface area contributed by atoms with Crippen molar-refractivity contribution in [2.75, 3.05) is 5.73 Å². The lowest BCUT2D eigenvalue weighted by atomic mass is 9.86. The zero-order valence-electron chi connectivity index (χ0n) is 10.9. The number of rotatable bonds is 3. The number of benzene rings is 1. The number of nitrogen functional groups attached to an aromatic ring is 1. The fourth-order valence-electron chi connectivity index (χ4n) is 2.50. The molecule has 1 aliphatic rings. The molecule has 0 unspecified atom stereocenters. The van der Waals surface area contributed by atoms with Gasteiger partial charge in [0, 0.05) is 22.3 Å². The number of nitrogens with two attached hydrogens (primary N) is 1. The summed E-state index contributed by atoms with van der Waals surface area (Å²) in [6.07, 6.45) is 2.55. The van der Waals surface area contributed by atoms with Crippen molar-refractivity contribution in [1.82, 2.24) is 5.32 Å². The van der Waals surface area contributed by atoms with Crippen LogP contribution in [-0.4, -0.2) is 23.0 Å². The highest BCUT2D eigenvalue weighted by molar-refractivity contribution is 6.31. The van der Waals surface area contributed by atoms with Crippen molar-refractivity contribution in [3.63, 3.8) is 0 Å². The zero-order valence-corrected chi connectivity index (χ0v) is 11.7. The number of carboxylic acid groups (broad SMARTS) is 1. The standard InChI is InChI=1S/C14H17ClN2O3/c15-10-5-9(6-11(16)7-10)13(18)17-12-3-1-8(2-4-12)14(19)20/h5-8,12H,1-4,16H2,(H,17,18)(H,19,20). The van der Waals surface area contributed by atoms with Crippen molar-refractivity contribution in [1.29, 1.82) is 0 Å². The van der Waals surface area contributed by atoms with E-state index in [1.807, 2.05) is 0 Å². The molecule has 0 aromatic heterocycles. The number of amides is 1.